The number of aromatic nitrogens is 1. The van der Waals surface area contributed by atoms with E-state index in [4.69, 9.17) is 0 Å². The molecular formula is C38H22N2. The lowest BCUT2D eigenvalue weighted by molar-refractivity contribution is 0.750. The molecule has 1 aliphatic heterocycles. The highest BCUT2D eigenvalue weighted by Crippen LogP contribution is 2.62. The van der Waals surface area contributed by atoms with Gasteiger partial charge < -0.3 is 4.57 Å². The number of rotatable bonds is 1. The van der Waals surface area contributed by atoms with Crippen molar-refractivity contribution in [3.8, 4) is 34.0 Å². The summed E-state index contributed by atoms with van der Waals surface area (Å²) in [5, 5.41) is 12.0. The summed E-state index contributed by atoms with van der Waals surface area (Å²) in [5.41, 5.74) is 14.1. The summed E-state index contributed by atoms with van der Waals surface area (Å²) in [4.78, 5) is 0. The number of benzene rings is 6. The van der Waals surface area contributed by atoms with Crippen molar-refractivity contribution in [1.29, 1.82) is 5.26 Å². The molecule has 2 heterocycles. The molecule has 2 nitrogen and oxygen atoms in total. The molecule has 0 amide bonds. The minimum Gasteiger partial charge on any atom is -0.309 e. The Balaban J connectivity index is 1.53. The highest BCUT2D eigenvalue weighted by Gasteiger charge is 2.51. The summed E-state index contributed by atoms with van der Waals surface area (Å²) in [5.74, 6) is 0. The lowest BCUT2D eigenvalue weighted by Crippen LogP contribution is -2.34. The van der Waals surface area contributed by atoms with Crippen molar-refractivity contribution in [1.82, 2.24) is 4.57 Å². The smallest absolute Gasteiger partial charge is 0.0991 e. The number of hydrogen-bond acceptors (Lipinski definition) is 1. The zero-order chi connectivity index (χ0) is 26.4. The molecule has 2 heteroatoms. The van der Waals surface area contributed by atoms with Crippen LogP contribution in [-0.2, 0) is 5.41 Å². The molecule has 7 aromatic rings. The van der Waals surface area contributed by atoms with Crippen molar-refractivity contribution in [2.24, 2.45) is 0 Å². The summed E-state index contributed by atoms with van der Waals surface area (Å²) < 4.78 is 2.48. The monoisotopic (exact) mass is 506 g/mol. The quantitative estimate of drug-likeness (QED) is 0.218. The molecule has 1 aromatic heterocycles. The molecule has 184 valence electrons. The topological polar surface area (TPSA) is 28.7 Å². The number of nitrogens with zero attached hydrogens (tertiary/aromatic N) is 2. The molecule has 0 N–H and O–H groups in total. The standard InChI is InChI=1S/C38H22N2/c39-23-24-19-21-25(22-20-24)26-11-7-12-29-27-9-1-3-14-31(27)38(36(26)29)32-15-4-6-18-35(32)40-34-17-5-2-10-28(34)30-13-8-16-33(38)37(30)40/h1-22H. The van der Waals surface area contributed by atoms with E-state index in [1.807, 2.05) is 12.1 Å². The third-order valence-electron chi connectivity index (χ3n) is 9.03. The van der Waals surface area contributed by atoms with E-state index in [9.17, 15) is 5.26 Å². The van der Waals surface area contributed by atoms with E-state index >= 15 is 0 Å². The van der Waals surface area contributed by atoms with Gasteiger partial charge in [0, 0.05) is 10.8 Å². The van der Waals surface area contributed by atoms with E-state index in [1.165, 1.54) is 66.4 Å². The second-order valence-electron chi connectivity index (χ2n) is 10.8. The van der Waals surface area contributed by atoms with Gasteiger partial charge in [-0.05, 0) is 68.8 Å². The van der Waals surface area contributed by atoms with Gasteiger partial charge in [-0.3, -0.25) is 0 Å². The number of fused-ring (bicyclic) bond motifs is 12. The zero-order valence-corrected chi connectivity index (χ0v) is 21.6. The van der Waals surface area contributed by atoms with Crippen LogP contribution in [0.3, 0.4) is 0 Å². The SMILES string of the molecule is N#Cc1ccc(-c2cccc3c2C2(c4ccccc4-3)c3ccccc3-n3c4ccccc4c4cccc2c43)cc1. The lowest BCUT2D eigenvalue weighted by Gasteiger charge is -2.40. The molecule has 6 aromatic carbocycles. The number of hydrogen-bond donors (Lipinski definition) is 0. The Morgan fingerprint density at radius 2 is 1.18 bits per heavy atom. The molecule has 1 atom stereocenters. The fourth-order valence-corrected chi connectivity index (χ4v) is 7.59. The Bertz CT molecular complexity index is 2230. The highest BCUT2D eigenvalue weighted by molar-refractivity contribution is 6.13. The van der Waals surface area contributed by atoms with Crippen LogP contribution in [0.5, 0.6) is 0 Å². The fraction of sp³-hybridized carbons (Fsp3) is 0.0263. The molecular weight excluding hydrogens is 484 g/mol. The Labute approximate surface area is 232 Å². The normalized spacial score (nSPS) is 16.1. The number of para-hydroxylation sites is 3. The molecule has 0 saturated heterocycles. The van der Waals surface area contributed by atoms with E-state index in [1.54, 1.807) is 0 Å². The van der Waals surface area contributed by atoms with E-state index in [2.05, 4.69) is 132 Å². The van der Waals surface area contributed by atoms with Gasteiger partial charge >= 0.3 is 0 Å². The molecule has 0 radical (unpaired) electrons. The predicted molar refractivity (Wildman–Crippen MR) is 162 cm³/mol. The summed E-state index contributed by atoms with van der Waals surface area (Å²) in [7, 11) is 0. The van der Waals surface area contributed by atoms with Gasteiger partial charge in [-0.15, -0.1) is 0 Å². The summed E-state index contributed by atoms with van der Waals surface area (Å²) in [6, 6.07) is 50.5. The Morgan fingerprint density at radius 3 is 2.05 bits per heavy atom. The third kappa shape index (κ3) is 2.44. The molecule has 1 unspecified atom stereocenters. The first kappa shape index (κ1) is 21.5. The van der Waals surface area contributed by atoms with Crippen LogP contribution in [0.25, 0.3) is 49.7 Å². The van der Waals surface area contributed by atoms with Crippen LogP contribution >= 0.6 is 0 Å². The maximum absolute atomic E-state index is 9.47. The minimum absolute atomic E-state index is 0.489. The molecule has 1 aliphatic carbocycles. The van der Waals surface area contributed by atoms with E-state index in [0.29, 0.717) is 5.56 Å². The second-order valence-corrected chi connectivity index (χ2v) is 10.8. The molecule has 1 spiro atoms. The van der Waals surface area contributed by atoms with E-state index < -0.39 is 5.41 Å². The van der Waals surface area contributed by atoms with Crippen molar-refractivity contribution in [3.05, 3.63) is 161 Å². The first-order chi connectivity index (χ1) is 19.8. The fourth-order valence-electron chi connectivity index (χ4n) is 7.59. The van der Waals surface area contributed by atoms with E-state index in [0.717, 1.165) is 5.56 Å². The van der Waals surface area contributed by atoms with Gasteiger partial charge in [0.1, 0.15) is 0 Å². The van der Waals surface area contributed by atoms with Crippen molar-refractivity contribution in [2.45, 2.75) is 5.41 Å². The van der Waals surface area contributed by atoms with Gasteiger partial charge in [-0.1, -0.05) is 109 Å². The second kappa shape index (κ2) is 7.59. The van der Waals surface area contributed by atoms with Crippen LogP contribution < -0.4 is 0 Å². The lowest BCUT2D eigenvalue weighted by atomic mass is 9.64. The maximum Gasteiger partial charge on any atom is 0.0991 e. The van der Waals surface area contributed by atoms with Gasteiger partial charge in [0.25, 0.3) is 0 Å². The minimum atomic E-state index is -0.489. The van der Waals surface area contributed by atoms with Crippen LogP contribution in [0.2, 0.25) is 0 Å². The molecule has 0 saturated carbocycles. The summed E-state index contributed by atoms with van der Waals surface area (Å²) in [6.45, 7) is 0. The van der Waals surface area contributed by atoms with Crippen LogP contribution in [0.15, 0.2) is 133 Å². The van der Waals surface area contributed by atoms with Crippen molar-refractivity contribution >= 4 is 21.8 Å². The third-order valence-corrected chi connectivity index (χ3v) is 9.03. The molecule has 9 rings (SSSR count). The molecule has 2 aliphatic rings. The average Bonchev–Trinajstić information content (AvgIpc) is 3.52. The van der Waals surface area contributed by atoms with Crippen LogP contribution in [0.1, 0.15) is 27.8 Å². The molecule has 0 fully saturated rings. The number of nitriles is 1. The van der Waals surface area contributed by atoms with Crippen molar-refractivity contribution < 1.29 is 0 Å². The maximum atomic E-state index is 9.47. The van der Waals surface area contributed by atoms with Crippen LogP contribution in [-0.4, -0.2) is 4.57 Å². The zero-order valence-electron chi connectivity index (χ0n) is 21.6. The predicted octanol–water partition coefficient (Wildman–Crippen LogP) is 9.00. The largest absolute Gasteiger partial charge is 0.309 e. The van der Waals surface area contributed by atoms with Crippen molar-refractivity contribution in [2.75, 3.05) is 0 Å². The van der Waals surface area contributed by atoms with E-state index in [-0.39, 0.29) is 0 Å². The summed E-state index contributed by atoms with van der Waals surface area (Å²) >= 11 is 0. The Hall–Kier alpha value is -5.39. The molecule has 0 bridgehead atoms. The van der Waals surface area contributed by atoms with Gasteiger partial charge in [0.2, 0.25) is 0 Å². The summed E-state index contributed by atoms with van der Waals surface area (Å²) in [6.07, 6.45) is 0. The van der Waals surface area contributed by atoms with Crippen molar-refractivity contribution in [3.63, 3.8) is 0 Å². The first-order valence-electron chi connectivity index (χ1n) is 13.7. The van der Waals surface area contributed by atoms with Gasteiger partial charge in [-0.25, -0.2) is 0 Å². The van der Waals surface area contributed by atoms with Crippen LogP contribution in [0.4, 0.5) is 0 Å². The first-order valence-corrected chi connectivity index (χ1v) is 13.7. The van der Waals surface area contributed by atoms with Crippen LogP contribution in [0, 0.1) is 11.3 Å². The van der Waals surface area contributed by atoms with Gasteiger partial charge in [0.15, 0.2) is 0 Å². The van der Waals surface area contributed by atoms with Gasteiger partial charge in [0.05, 0.1) is 33.8 Å². The van der Waals surface area contributed by atoms with Gasteiger partial charge in [-0.2, -0.15) is 5.26 Å². The Kier molecular flexibility index (Phi) is 4.09. The average molecular weight is 507 g/mol. The molecule has 40 heavy (non-hydrogen) atoms. The highest BCUT2D eigenvalue weighted by atomic mass is 15.0. The Morgan fingerprint density at radius 1 is 0.525 bits per heavy atom.